The van der Waals surface area contributed by atoms with Gasteiger partial charge in [-0.25, -0.2) is 0 Å². The van der Waals surface area contributed by atoms with E-state index >= 15 is 0 Å². The lowest BCUT2D eigenvalue weighted by Crippen LogP contribution is -2.02. The summed E-state index contributed by atoms with van der Waals surface area (Å²) in [4.78, 5) is 12.2. The molecular formula is C18H20O. The van der Waals surface area contributed by atoms with Gasteiger partial charge in [-0.05, 0) is 44.4 Å². The molecule has 0 aliphatic carbocycles. The number of carbonyl (C=O) groups is 1. The molecule has 0 radical (unpaired) electrons. The zero-order chi connectivity index (χ0) is 13.8. The van der Waals surface area contributed by atoms with Crippen LogP contribution in [-0.2, 0) is 6.42 Å². The molecule has 0 saturated carbocycles. The van der Waals surface area contributed by atoms with Gasteiger partial charge in [0.05, 0.1) is 0 Å². The van der Waals surface area contributed by atoms with Crippen molar-refractivity contribution in [2.45, 2.75) is 33.6 Å². The van der Waals surface area contributed by atoms with Crippen molar-refractivity contribution in [2.75, 3.05) is 0 Å². The van der Waals surface area contributed by atoms with Gasteiger partial charge in [0.15, 0.2) is 5.78 Å². The summed E-state index contributed by atoms with van der Waals surface area (Å²) in [5.74, 6) is 0.226. The summed E-state index contributed by atoms with van der Waals surface area (Å²) in [6.07, 6.45) is 1.40. The fraction of sp³-hybridized carbons (Fsp3) is 0.278. The molecule has 0 aliphatic rings. The third kappa shape index (κ3) is 3.54. The highest BCUT2D eigenvalue weighted by Crippen LogP contribution is 2.15. The molecule has 1 nitrogen and oxygen atoms in total. The maximum absolute atomic E-state index is 12.2. The molecule has 1 heteroatoms. The summed E-state index contributed by atoms with van der Waals surface area (Å²) in [6.45, 7) is 6.21. The Morgan fingerprint density at radius 3 is 2.42 bits per heavy atom. The number of ketones is 1. The Bertz CT molecular complexity index is 596. The Morgan fingerprint density at radius 1 is 0.947 bits per heavy atom. The van der Waals surface area contributed by atoms with Crippen LogP contribution in [0.25, 0.3) is 0 Å². The van der Waals surface area contributed by atoms with Gasteiger partial charge in [0, 0.05) is 12.0 Å². The summed E-state index contributed by atoms with van der Waals surface area (Å²) in [7, 11) is 0. The summed E-state index contributed by atoms with van der Waals surface area (Å²) in [5, 5.41) is 0. The molecule has 0 saturated heterocycles. The minimum absolute atomic E-state index is 0.226. The van der Waals surface area contributed by atoms with Crippen LogP contribution in [0.2, 0.25) is 0 Å². The molecule has 2 aromatic carbocycles. The van der Waals surface area contributed by atoms with Gasteiger partial charge in [-0.15, -0.1) is 0 Å². The van der Waals surface area contributed by atoms with Crippen LogP contribution < -0.4 is 0 Å². The summed E-state index contributed by atoms with van der Waals surface area (Å²) in [5.41, 5.74) is 5.76. The Labute approximate surface area is 115 Å². The van der Waals surface area contributed by atoms with Crippen LogP contribution in [0, 0.1) is 20.8 Å². The molecule has 0 N–H and O–H groups in total. The van der Waals surface area contributed by atoms with Crippen LogP contribution in [0.1, 0.15) is 39.0 Å². The van der Waals surface area contributed by atoms with Crippen molar-refractivity contribution in [3.8, 4) is 0 Å². The molecule has 2 rings (SSSR count). The van der Waals surface area contributed by atoms with Gasteiger partial charge in [-0.2, -0.15) is 0 Å². The van der Waals surface area contributed by atoms with Gasteiger partial charge >= 0.3 is 0 Å². The third-order valence-corrected chi connectivity index (χ3v) is 3.47. The number of aryl methyl sites for hydroxylation is 4. The highest BCUT2D eigenvalue weighted by Gasteiger charge is 2.07. The molecular weight excluding hydrogens is 232 g/mol. The van der Waals surface area contributed by atoms with E-state index in [2.05, 4.69) is 32.0 Å². The zero-order valence-corrected chi connectivity index (χ0v) is 11.9. The first-order valence-corrected chi connectivity index (χ1v) is 6.72. The van der Waals surface area contributed by atoms with Gasteiger partial charge in [0.2, 0.25) is 0 Å². The normalized spacial score (nSPS) is 10.5. The molecule has 0 fully saturated rings. The fourth-order valence-electron chi connectivity index (χ4n) is 2.28. The average Bonchev–Trinajstić information content (AvgIpc) is 2.39. The number of carbonyl (C=O) groups excluding carboxylic acids is 1. The van der Waals surface area contributed by atoms with E-state index in [1.807, 2.05) is 31.2 Å². The fourth-order valence-corrected chi connectivity index (χ4v) is 2.28. The van der Waals surface area contributed by atoms with Crippen molar-refractivity contribution in [3.63, 3.8) is 0 Å². The maximum Gasteiger partial charge on any atom is 0.163 e. The van der Waals surface area contributed by atoms with E-state index in [0.717, 1.165) is 17.5 Å². The molecule has 0 bridgehead atoms. The quantitative estimate of drug-likeness (QED) is 0.736. The minimum Gasteiger partial charge on any atom is -0.294 e. The minimum atomic E-state index is 0.226. The number of rotatable bonds is 4. The Morgan fingerprint density at radius 2 is 1.68 bits per heavy atom. The average molecular weight is 252 g/mol. The lowest BCUT2D eigenvalue weighted by Gasteiger charge is -2.07. The number of Topliss-reactive ketones (excluding diaryl/α,β-unsaturated/α-hetero) is 1. The number of hydrogen-bond donors (Lipinski definition) is 0. The van der Waals surface area contributed by atoms with E-state index in [4.69, 9.17) is 0 Å². The van der Waals surface area contributed by atoms with Gasteiger partial charge in [0.1, 0.15) is 0 Å². The van der Waals surface area contributed by atoms with Gasteiger partial charge in [-0.1, -0.05) is 47.5 Å². The van der Waals surface area contributed by atoms with Crippen LogP contribution in [0.5, 0.6) is 0 Å². The van der Waals surface area contributed by atoms with Crippen molar-refractivity contribution in [1.82, 2.24) is 0 Å². The van der Waals surface area contributed by atoms with Gasteiger partial charge in [0.25, 0.3) is 0 Å². The van der Waals surface area contributed by atoms with E-state index in [0.29, 0.717) is 6.42 Å². The van der Waals surface area contributed by atoms with Crippen molar-refractivity contribution in [3.05, 3.63) is 70.3 Å². The maximum atomic E-state index is 12.2. The first-order chi connectivity index (χ1) is 9.06. The van der Waals surface area contributed by atoms with E-state index in [-0.39, 0.29) is 5.78 Å². The molecule has 0 spiro atoms. The Hall–Kier alpha value is -1.89. The summed E-state index contributed by atoms with van der Waals surface area (Å²) >= 11 is 0. The van der Waals surface area contributed by atoms with Crippen molar-refractivity contribution in [1.29, 1.82) is 0 Å². The highest BCUT2D eigenvalue weighted by molar-refractivity contribution is 5.96. The predicted molar refractivity (Wildman–Crippen MR) is 79.7 cm³/mol. The molecule has 19 heavy (non-hydrogen) atoms. The van der Waals surface area contributed by atoms with Crippen molar-refractivity contribution < 1.29 is 4.79 Å². The van der Waals surface area contributed by atoms with E-state index in [9.17, 15) is 4.79 Å². The van der Waals surface area contributed by atoms with E-state index in [1.54, 1.807) is 0 Å². The smallest absolute Gasteiger partial charge is 0.163 e. The van der Waals surface area contributed by atoms with Crippen LogP contribution in [0.15, 0.2) is 42.5 Å². The first kappa shape index (κ1) is 13.5. The monoisotopic (exact) mass is 252 g/mol. The van der Waals surface area contributed by atoms with Crippen LogP contribution >= 0.6 is 0 Å². The molecule has 98 valence electrons. The van der Waals surface area contributed by atoms with E-state index in [1.165, 1.54) is 16.7 Å². The predicted octanol–water partition coefficient (Wildman–Crippen LogP) is 4.43. The second-order valence-corrected chi connectivity index (χ2v) is 5.22. The third-order valence-electron chi connectivity index (χ3n) is 3.47. The largest absolute Gasteiger partial charge is 0.294 e. The zero-order valence-electron chi connectivity index (χ0n) is 11.9. The lowest BCUT2D eigenvalue weighted by atomic mass is 9.97. The standard InChI is InChI=1S/C18H20O/c1-13-5-4-6-17(12-13)18(19)10-9-16-11-14(2)7-8-15(16)3/h4-8,11-12H,9-10H2,1-3H3. The van der Waals surface area contributed by atoms with Gasteiger partial charge in [-0.3, -0.25) is 4.79 Å². The molecule has 2 aromatic rings. The molecule has 0 amide bonds. The topological polar surface area (TPSA) is 17.1 Å². The Kier molecular flexibility index (Phi) is 4.16. The first-order valence-electron chi connectivity index (χ1n) is 6.72. The molecule has 0 heterocycles. The van der Waals surface area contributed by atoms with Crippen LogP contribution in [0.4, 0.5) is 0 Å². The number of hydrogen-bond acceptors (Lipinski definition) is 1. The SMILES string of the molecule is Cc1cccc(C(=O)CCc2cc(C)ccc2C)c1. The number of benzene rings is 2. The van der Waals surface area contributed by atoms with Crippen molar-refractivity contribution >= 4 is 5.78 Å². The Balaban J connectivity index is 2.06. The highest BCUT2D eigenvalue weighted by atomic mass is 16.1. The van der Waals surface area contributed by atoms with Crippen LogP contribution in [0.3, 0.4) is 0 Å². The summed E-state index contributed by atoms with van der Waals surface area (Å²) < 4.78 is 0. The molecule has 0 aliphatic heterocycles. The second-order valence-electron chi connectivity index (χ2n) is 5.22. The molecule has 0 unspecified atom stereocenters. The lowest BCUT2D eigenvalue weighted by molar-refractivity contribution is 0.0982. The van der Waals surface area contributed by atoms with Gasteiger partial charge < -0.3 is 0 Å². The molecule has 0 aromatic heterocycles. The summed E-state index contributed by atoms with van der Waals surface area (Å²) in [6, 6.07) is 14.2. The molecule has 0 atom stereocenters. The van der Waals surface area contributed by atoms with Crippen molar-refractivity contribution in [2.24, 2.45) is 0 Å². The van der Waals surface area contributed by atoms with E-state index < -0.39 is 0 Å². The second kappa shape index (κ2) is 5.83. The van der Waals surface area contributed by atoms with Crippen LogP contribution in [-0.4, -0.2) is 5.78 Å².